The Hall–Kier alpha value is -1.93. The molecule has 1 amide bonds. The average Bonchev–Trinajstić information content (AvgIpc) is 3.28. The molecule has 1 aromatic heterocycles. The van der Waals surface area contributed by atoms with Crippen molar-refractivity contribution in [1.29, 1.82) is 0 Å². The fraction of sp³-hybridized carbons (Fsp3) is 0.571. The van der Waals surface area contributed by atoms with Gasteiger partial charge in [0.1, 0.15) is 5.82 Å². The molecule has 9 nitrogen and oxygen atoms in total. The number of nitrogens with one attached hydrogen (secondary N) is 1. The number of alkyl halides is 2. The molecule has 1 aliphatic carbocycles. The van der Waals surface area contributed by atoms with Gasteiger partial charge in [-0.2, -0.15) is 4.31 Å². The number of halogens is 5. The third-order valence-electron chi connectivity index (χ3n) is 6.84. The van der Waals surface area contributed by atoms with Crippen molar-refractivity contribution in [2.45, 2.75) is 42.2 Å². The first kappa shape index (κ1) is 27.1. The molecule has 0 atom stereocenters. The van der Waals surface area contributed by atoms with Crippen LogP contribution in [0, 0.1) is 5.82 Å². The number of sulfonamides is 1. The Kier molecular flexibility index (Phi) is 7.60. The van der Waals surface area contributed by atoms with E-state index in [1.807, 2.05) is 4.90 Å². The summed E-state index contributed by atoms with van der Waals surface area (Å²) in [6.07, 6.45) is 0.779. The van der Waals surface area contributed by atoms with Gasteiger partial charge in [-0.1, -0.05) is 28.4 Å². The van der Waals surface area contributed by atoms with Gasteiger partial charge in [-0.3, -0.25) is 14.4 Å². The number of carbonyl (C=O) groups is 1. The van der Waals surface area contributed by atoms with E-state index in [4.69, 9.17) is 23.2 Å². The van der Waals surface area contributed by atoms with E-state index in [1.54, 1.807) is 7.05 Å². The van der Waals surface area contributed by atoms with Crippen LogP contribution in [0.3, 0.4) is 0 Å². The highest BCUT2D eigenvalue weighted by atomic mass is 35.5. The van der Waals surface area contributed by atoms with Gasteiger partial charge in [0, 0.05) is 58.2 Å². The van der Waals surface area contributed by atoms with Crippen LogP contribution in [0.4, 0.5) is 13.2 Å². The Balaban J connectivity index is 1.49. The lowest BCUT2D eigenvalue weighted by Gasteiger charge is -2.50. The smallest absolute Gasteiger partial charge is 0.264 e. The van der Waals surface area contributed by atoms with E-state index in [0.29, 0.717) is 0 Å². The molecular formula is C21H25Cl2F3N6O3S. The van der Waals surface area contributed by atoms with Crippen molar-refractivity contribution in [2.24, 2.45) is 7.05 Å². The number of carbonyl (C=O) groups excluding carboxylic acids is 1. The van der Waals surface area contributed by atoms with Gasteiger partial charge in [-0.25, -0.2) is 21.6 Å². The molecule has 1 saturated heterocycles. The van der Waals surface area contributed by atoms with E-state index in [0.717, 1.165) is 12.1 Å². The summed E-state index contributed by atoms with van der Waals surface area (Å²) in [4.78, 5) is 14.7. The van der Waals surface area contributed by atoms with Crippen LogP contribution >= 0.6 is 23.2 Å². The molecule has 2 aromatic rings. The maximum atomic E-state index is 14.0. The van der Waals surface area contributed by atoms with Crippen molar-refractivity contribution in [1.82, 2.24) is 29.5 Å². The fourth-order valence-electron chi connectivity index (χ4n) is 4.70. The second-order valence-electron chi connectivity index (χ2n) is 9.13. The number of hydrogen-bond donors (Lipinski definition) is 1. The summed E-state index contributed by atoms with van der Waals surface area (Å²) < 4.78 is 70.3. The van der Waals surface area contributed by atoms with E-state index < -0.39 is 33.2 Å². The lowest BCUT2D eigenvalue weighted by molar-refractivity contribution is -0.0856. The maximum absolute atomic E-state index is 14.0. The number of aromatic nitrogens is 3. The average molecular weight is 569 g/mol. The first-order chi connectivity index (χ1) is 16.8. The van der Waals surface area contributed by atoms with Crippen LogP contribution < -0.4 is 5.32 Å². The van der Waals surface area contributed by atoms with Crippen molar-refractivity contribution in [3.05, 3.63) is 39.8 Å². The number of aryl methyl sites for hydroxylation is 1. The minimum atomic E-state index is -3.85. The first-order valence-corrected chi connectivity index (χ1v) is 13.4. The van der Waals surface area contributed by atoms with Crippen LogP contribution in [-0.4, -0.2) is 82.7 Å². The van der Waals surface area contributed by atoms with Crippen molar-refractivity contribution in [3.8, 4) is 0 Å². The van der Waals surface area contributed by atoms with Gasteiger partial charge in [-0.15, -0.1) is 5.10 Å². The van der Waals surface area contributed by atoms with Crippen molar-refractivity contribution < 1.29 is 26.4 Å². The zero-order valence-electron chi connectivity index (χ0n) is 19.4. The fourth-order valence-corrected chi connectivity index (χ4v) is 6.50. The van der Waals surface area contributed by atoms with Gasteiger partial charge >= 0.3 is 0 Å². The second kappa shape index (κ2) is 10.1. The summed E-state index contributed by atoms with van der Waals surface area (Å²) >= 11 is 11.8. The molecule has 0 bridgehead atoms. The van der Waals surface area contributed by atoms with Crippen LogP contribution in [0.15, 0.2) is 23.4 Å². The Bertz CT molecular complexity index is 1240. The summed E-state index contributed by atoms with van der Waals surface area (Å²) in [6.45, 7) is 0.812. The second-order valence-corrected chi connectivity index (χ2v) is 11.8. The van der Waals surface area contributed by atoms with E-state index in [1.165, 1.54) is 15.2 Å². The molecule has 2 heterocycles. The SMILES string of the molecule is Cn1cc(S(=O)(=O)N2CCN(C3(CNC(=O)c4cc(F)c(Cl)cc4Cl)CCC(F)(F)CC3)CC2)nn1. The Morgan fingerprint density at radius 3 is 2.31 bits per heavy atom. The van der Waals surface area contributed by atoms with Crippen LogP contribution in [0.1, 0.15) is 36.0 Å². The predicted octanol–water partition coefficient (Wildman–Crippen LogP) is 2.95. The standard InChI is InChI=1S/C21H25Cl2F3N6O3S/c1-30-12-18(28-29-30)36(34,35)32-8-6-31(7-9-32)20(2-4-21(25,26)5-3-20)13-27-19(33)14-10-17(24)16(23)11-15(14)22/h10-12H,2-9,13H2,1H3,(H,27,33). The van der Waals surface area contributed by atoms with Gasteiger partial charge in [0.05, 0.1) is 21.8 Å². The van der Waals surface area contributed by atoms with Crippen LogP contribution in [-0.2, 0) is 17.1 Å². The van der Waals surface area contributed by atoms with Crippen LogP contribution in [0.5, 0.6) is 0 Å². The summed E-state index contributed by atoms with van der Waals surface area (Å²) in [6, 6.07) is 2.05. The minimum absolute atomic E-state index is 0.0133. The summed E-state index contributed by atoms with van der Waals surface area (Å²) in [7, 11) is -2.28. The maximum Gasteiger partial charge on any atom is 0.264 e. The number of nitrogens with zero attached hydrogens (tertiary/aromatic N) is 5. The highest BCUT2D eigenvalue weighted by Crippen LogP contribution is 2.42. The zero-order valence-corrected chi connectivity index (χ0v) is 21.7. The third kappa shape index (κ3) is 5.49. The van der Waals surface area contributed by atoms with Crippen LogP contribution in [0.25, 0.3) is 0 Å². The van der Waals surface area contributed by atoms with Gasteiger partial charge in [0.2, 0.25) is 10.9 Å². The van der Waals surface area contributed by atoms with Gasteiger partial charge in [-0.05, 0) is 25.0 Å². The highest BCUT2D eigenvalue weighted by Gasteiger charge is 2.48. The van der Waals surface area contributed by atoms with Gasteiger partial charge in [0.15, 0.2) is 0 Å². The number of amides is 1. The molecule has 1 aromatic carbocycles. The lowest BCUT2D eigenvalue weighted by Crippen LogP contribution is -2.63. The third-order valence-corrected chi connectivity index (χ3v) is 9.20. The van der Waals surface area contributed by atoms with E-state index in [9.17, 15) is 26.4 Å². The molecule has 1 saturated carbocycles. The molecule has 1 N–H and O–H groups in total. The molecule has 0 unspecified atom stereocenters. The number of benzene rings is 1. The molecular weight excluding hydrogens is 544 g/mol. The van der Waals surface area contributed by atoms with E-state index >= 15 is 0 Å². The zero-order chi connectivity index (χ0) is 26.3. The van der Waals surface area contributed by atoms with Crippen molar-refractivity contribution >= 4 is 39.1 Å². The predicted molar refractivity (Wildman–Crippen MR) is 126 cm³/mol. The molecule has 36 heavy (non-hydrogen) atoms. The van der Waals surface area contributed by atoms with Crippen LogP contribution in [0.2, 0.25) is 10.0 Å². The Labute approximate surface area is 216 Å². The van der Waals surface area contributed by atoms with E-state index in [2.05, 4.69) is 15.6 Å². The van der Waals surface area contributed by atoms with Gasteiger partial charge in [0.25, 0.3) is 15.9 Å². The molecule has 4 rings (SSSR count). The first-order valence-electron chi connectivity index (χ1n) is 11.3. The molecule has 2 fully saturated rings. The number of piperazine rings is 1. The summed E-state index contributed by atoms with van der Waals surface area (Å²) in [5.41, 5.74) is -0.938. The molecule has 0 radical (unpaired) electrons. The van der Waals surface area contributed by atoms with Gasteiger partial charge < -0.3 is 5.32 Å². The summed E-state index contributed by atoms with van der Waals surface area (Å²) in [5, 5.41) is 9.66. The molecule has 2 aliphatic rings. The number of hydrogen-bond acceptors (Lipinski definition) is 6. The Morgan fingerprint density at radius 1 is 1.08 bits per heavy atom. The van der Waals surface area contributed by atoms with Crippen molar-refractivity contribution in [3.63, 3.8) is 0 Å². The minimum Gasteiger partial charge on any atom is -0.350 e. The molecule has 198 valence electrons. The largest absolute Gasteiger partial charge is 0.350 e. The Morgan fingerprint density at radius 2 is 1.72 bits per heavy atom. The van der Waals surface area contributed by atoms with E-state index in [-0.39, 0.29) is 79.0 Å². The topological polar surface area (TPSA) is 100 Å². The monoisotopic (exact) mass is 568 g/mol. The lowest BCUT2D eigenvalue weighted by atomic mass is 9.78. The molecule has 0 spiro atoms. The molecule has 15 heteroatoms. The highest BCUT2D eigenvalue weighted by molar-refractivity contribution is 7.89. The number of rotatable bonds is 6. The quantitative estimate of drug-likeness (QED) is 0.538. The normalized spacial score (nSPS) is 20.8. The summed E-state index contributed by atoms with van der Waals surface area (Å²) in [5.74, 6) is -4.28. The van der Waals surface area contributed by atoms with Crippen molar-refractivity contribution in [2.75, 3.05) is 32.7 Å². The molecule has 1 aliphatic heterocycles.